The topological polar surface area (TPSA) is 46.5 Å². The van der Waals surface area contributed by atoms with Crippen LogP contribution in [0, 0.1) is 0 Å². The molecule has 30 heavy (non-hydrogen) atoms. The van der Waals surface area contributed by atoms with Crippen LogP contribution < -0.4 is 4.74 Å². The van der Waals surface area contributed by atoms with Crippen LogP contribution in [0.15, 0.2) is 24.3 Å². The third-order valence-corrected chi connectivity index (χ3v) is 4.58. The van der Waals surface area contributed by atoms with Crippen LogP contribution in [0.2, 0.25) is 0 Å². The third kappa shape index (κ3) is 2.78. The lowest BCUT2D eigenvalue weighted by Gasteiger charge is -2.52. The Morgan fingerprint density at radius 2 is 1.23 bits per heavy atom. The van der Waals surface area contributed by atoms with Crippen molar-refractivity contribution in [3.8, 4) is 5.75 Å². The zero-order valence-corrected chi connectivity index (χ0v) is 14.5. The van der Waals surface area contributed by atoms with E-state index in [1.165, 1.54) is 0 Å². The Labute approximate surface area is 160 Å². The van der Waals surface area contributed by atoms with Gasteiger partial charge in [0.15, 0.2) is 0 Å². The Morgan fingerprint density at radius 1 is 0.833 bits per heavy atom. The quantitative estimate of drug-likeness (QED) is 0.394. The maximum absolute atomic E-state index is 14.7. The number of aliphatic hydroxyl groups excluding tert-OH is 1. The first-order chi connectivity index (χ1) is 13.3. The maximum Gasteiger partial charge on any atom is 0.384 e. The summed E-state index contributed by atoms with van der Waals surface area (Å²) < 4.78 is 155. The van der Waals surface area contributed by atoms with Crippen LogP contribution in [0.4, 0.5) is 48.3 Å². The van der Waals surface area contributed by atoms with Crippen molar-refractivity contribution in [3.05, 3.63) is 29.8 Å². The van der Waals surface area contributed by atoms with Crippen molar-refractivity contribution in [1.29, 1.82) is 0 Å². The molecule has 0 spiro atoms. The minimum atomic E-state index is -7.33. The molecule has 3 nitrogen and oxygen atoms in total. The first-order valence-electron chi connectivity index (χ1n) is 7.83. The number of alkyl halides is 11. The van der Waals surface area contributed by atoms with Gasteiger partial charge in [0, 0.05) is 18.9 Å². The number of carbonyl (C=O) groups excluding carboxylic acids is 1. The van der Waals surface area contributed by atoms with Crippen LogP contribution in [-0.2, 0) is 4.79 Å². The van der Waals surface area contributed by atoms with E-state index in [4.69, 9.17) is 0 Å². The van der Waals surface area contributed by atoms with E-state index in [9.17, 15) is 58.2 Å². The summed E-state index contributed by atoms with van der Waals surface area (Å²) in [6, 6.07) is 3.62. The normalized spacial score (nSPS) is 25.9. The van der Waals surface area contributed by atoms with E-state index in [1.807, 2.05) is 0 Å². The second-order valence-corrected chi connectivity index (χ2v) is 6.52. The fourth-order valence-electron chi connectivity index (χ4n) is 2.92. The first-order valence-corrected chi connectivity index (χ1v) is 7.83. The molecular weight excluding hydrogens is 449 g/mol. The number of hydrogen-bond acceptors (Lipinski definition) is 3. The predicted octanol–water partition coefficient (Wildman–Crippen LogP) is 4.93. The lowest BCUT2D eigenvalue weighted by molar-refractivity contribution is -0.487. The molecule has 1 saturated carbocycles. The Bertz CT molecular complexity index is 807. The molecule has 0 saturated heterocycles. The second kappa shape index (κ2) is 6.69. The molecular formula is C16H11F11O3. The number of carbonyl (C=O) groups is 1. The van der Waals surface area contributed by atoms with Crippen LogP contribution in [0.3, 0.4) is 0 Å². The lowest BCUT2D eigenvalue weighted by atomic mass is 9.69. The smallest absolute Gasteiger partial charge is 0.384 e. The Hall–Kier alpha value is -2.12. The Kier molecular flexibility index (Phi) is 5.39. The number of rotatable bonds is 4. The van der Waals surface area contributed by atoms with Gasteiger partial charge in [-0.2, -0.15) is 43.9 Å². The molecule has 14 heteroatoms. The van der Waals surface area contributed by atoms with Gasteiger partial charge in [-0.3, -0.25) is 4.79 Å². The highest BCUT2D eigenvalue weighted by Gasteiger charge is 3.00. The lowest BCUT2D eigenvalue weighted by Crippen LogP contribution is -2.83. The highest BCUT2D eigenvalue weighted by atomic mass is 19.4. The van der Waals surface area contributed by atoms with Crippen LogP contribution in [-0.4, -0.2) is 46.4 Å². The molecule has 1 unspecified atom stereocenters. The Morgan fingerprint density at radius 3 is 1.67 bits per heavy atom. The SMILES string of the molecule is CC(=O)Oc1ccccc1C(O)CC1(F)C(F)(F)C(F)(F)C(F)(F)C(F)(F)C1(F)F. The maximum atomic E-state index is 14.7. The van der Waals surface area contributed by atoms with Gasteiger partial charge in [-0.25, -0.2) is 4.39 Å². The van der Waals surface area contributed by atoms with Crippen molar-refractivity contribution < 1.29 is 62.9 Å². The molecule has 1 aromatic rings. The van der Waals surface area contributed by atoms with Crippen molar-refractivity contribution in [2.75, 3.05) is 0 Å². The summed E-state index contributed by atoms with van der Waals surface area (Å²) in [7, 11) is 0. The molecule has 0 heterocycles. The number of hydrogen-bond donors (Lipinski definition) is 1. The van der Waals surface area contributed by atoms with Gasteiger partial charge in [-0.05, 0) is 6.07 Å². The van der Waals surface area contributed by atoms with Crippen LogP contribution >= 0.6 is 0 Å². The summed E-state index contributed by atoms with van der Waals surface area (Å²) in [5.74, 6) is -37.8. The zero-order valence-electron chi connectivity index (χ0n) is 14.5. The first kappa shape index (κ1) is 24.2. The summed E-state index contributed by atoms with van der Waals surface area (Å²) in [6.07, 6.45) is -5.84. The highest BCUT2D eigenvalue weighted by molar-refractivity contribution is 5.69. The van der Waals surface area contributed by atoms with Gasteiger partial charge >= 0.3 is 35.6 Å². The molecule has 1 aromatic carbocycles. The molecule has 1 aliphatic carbocycles. The fraction of sp³-hybridized carbons (Fsp3) is 0.562. The van der Waals surface area contributed by atoms with E-state index in [2.05, 4.69) is 4.74 Å². The van der Waals surface area contributed by atoms with Crippen molar-refractivity contribution in [1.82, 2.24) is 0 Å². The summed E-state index contributed by atoms with van der Waals surface area (Å²) in [5, 5.41) is 9.89. The van der Waals surface area contributed by atoms with E-state index in [-0.39, 0.29) is 0 Å². The van der Waals surface area contributed by atoms with Gasteiger partial charge in [-0.15, -0.1) is 0 Å². The van der Waals surface area contributed by atoms with Gasteiger partial charge < -0.3 is 9.84 Å². The number of esters is 1. The van der Waals surface area contributed by atoms with E-state index in [0.29, 0.717) is 6.07 Å². The molecule has 1 fully saturated rings. The predicted molar refractivity (Wildman–Crippen MR) is 75.9 cm³/mol. The largest absolute Gasteiger partial charge is 0.426 e. The van der Waals surface area contributed by atoms with Crippen molar-refractivity contribution in [2.24, 2.45) is 0 Å². The van der Waals surface area contributed by atoms with Gasteiger partial charge in [0.2, 0.25) is 0 Å². The summed E-state index contributed by atoms with van der Waals surface area (Å²) in [5.41, 5.74) is -7.24. The van der Waals surface area contributed by atoms with Crippen molar-refractivity contribution >= 4 is 5.97 Å². The summed E-state index contributed by atoms with van der Waals surface area (Å²) in [4.78, 5) is 11.0. The van der Waals surface area contributed by atoms with Crippen molar-refractivity contribution in [3.63, 3.8) is 0 Å². The fourth-order valence-corrected chi connectivity index (χ4v) is 2.92. The van der Waals surface area contributed by atoms with E-state index in [1.54, 1.807) is 0 Å². The average molecular weight is 460 g/mol. The van der Waals surface area contributed by atoms with Gasteiger partial charge in [0.25, 0.3) is 5.67 Å². The number of para-hydroxylation sites is 1. The summed E-state index contributed by atoms with van der Waals surface area (Å²) in [6.45, 7) is 0.798. The molecule has 170 valence electrons. The van der Waals surface area contributed by atoms with Gasteiger partial charge in [0.1, 0.15) is 5.75 Å². The zero-order chi connectivity index (χ0) is 23.6. The molecule has 1 aliphatic rings. The number of benzene rings is 1. The minimum absolute atomic E-state index is 0.691. The van der Waals surface area contributed by atoms with E-state index >= 15 is 0 Å². The monoisotopic (exact) mass is 460 g/mol. The number of ether oxygens (including phenoxy) is 1. The molecule has 0 amide bonds. The van der Waals surface area contributed by atoms with E-state index < -0.39 is 65.1 Å². The van der Waals surface area contributed by atoms with E-state index in [0.717, 1.165) is 25.1 Å². The molecule has 0 aliphatic heterocycles. The van der Waals surface area contributed by atoms with Crippen LogP contribution in [0.5, 0.6) is 5.75 Å². The van der Waals surface area contributed by atoms with Crippen LogP contribution in [0.25, 0.3) is 0 Å². The second-order valence-electron chi connectivity index (χ2n) is 6.52. The Balaban J connectivity index is 2.63. The standard InChI is InChI=1S/C16H11F11O3/c1-7(28)30-10-5-3-2-4-8(10)9(29)6-11(17)12(18,19)14(22,23)16(26,27)15(24,25)13(11,20)21/h2-5,9,29H,6H2,1H3. The van der Waals surface area contributed by atoms with Gasteiger partial charge in [0.05, 0.1) is 6.10 Å². The van der Waals surface area contributed by atoms with Gasteiger partial charge in [-0.1, -0.05) is 18.2 Å². The molecule has 2 rings (SSSR count). The molecule has 1 N–H and O–H groups in total. The average Bonchev–Trinajstić information content (AvgIpc) is 2.59. The van der Waals surface area contributed by atoms with Crippen LogP contribution in [0.1, 0.15) is 25.0 Å². The molecule has 0 aromatic heterocycles. The number of aliphatic hydroxyl groups is 1. The molecule has 0 bridgehead atoms. The minimum Gasteiger partial charge on any atom is -0.426 e. The number of halogens is 11. The van der Waals surface area contributed by atoms with Crippen molar-refractivity contribution in [2.45, 2.75) is 54.7 Å². The highest BCUT2D eigenvalue weighted by Crippen LogP contribution is 2.70. The third-order valence-electron chi connectivity index (χ3n) is 4.58. The molecule has 0 radical (unpaired) electrons. The summed E-state index contributed by atoms with van der Waals surface area (Å²) >= 11 is 0. The molecule has 1 atom stereocenters.